The third-order valence-electron chi connectivity index (χ3n) is 4.44. The molecule has 2 aromatic rings. The van der Waals surface area contributed by atoms with Crippen LogP contribution in [-0.4, -0.2) is 38.1 Å². The van der Waals surface area contributed by atoms with Crippen molar-refractivity contribution >= 4 is 27.3 Å². The largest absolute Gasteiger partial charge is 0.338 e. The first-order valence-electron chi connectivity index (χ1n) is 8.00. The van der Waals surface area contributed by atoms with Crippen molar-refractivity contribution in [3.8, 4) is 0 Å². The smallest absolute Gasteiger partial charge is 0.255 e. The van der Waals surface area contributed by atoms with Gasteiger partial charge in [0.25, 0.3) is 5.91 Å². The molecule has 0 N–H and O–H groups in total. The molecule has 0 spiro atoms. The fraction of sp³-hybridized carbons (Fsp3) is 0.278. The highest BCUT2D eigenvalue weighted by Gasteiger charge is 2.34. The number of nitrogens with zero attached hydrogens (tertiary/aromatic N) is 1. The number of amides is 1. The molecule has 4 nitrogen and oxygen atoms in total. The number of benzene rings is 2. The molecule has 26 heavy (non-hydrogen) atoms. The molecule has 2 aromatic carbocycles. The maximum atomic E-state index is 14.1. The Kier molecular flexibility index (Phi) is 5.29. The fourth-order valence-corrected chi connectivity index (χ4v) is 5.12. The first kappa shape index (κ1) is 18.8. The lowest BCUT2D eigenvalue weighted by Gasteiger charge is -2.20. The van der Waals surface area contributed by atoms with Crippen LogP contribution in [0.15, 0.2) is 42.5 Å². The predicted molar refractivity (Wildman–Crippen MR) is 94.9 cm³/mol. The number of hydrogen-bond acceptors (Lipinski definition) is 3. The third kappa shape index (κ3) is 3.73. The average molecular weight is 400 g/mol. The van der Waals surface area contributed by atoms with Gasteiger partial charge in [0.15, 0.2) is 9.84 Å². The van der Waals surface area contributed by atoms with E-state index < -0.39 is 32.6 Å². The molecule has 1 heterocycles. The van der Waals surface area contributed by atoms with Gasteiger partial charge in [0.2, 0.25) is 0 Å². The summed E-state index contributed by atoms with van der Waals surface area (Å²) in [5, 5.41) is -1.04. The summed E-state index contributed by atoms with van der Waals surface area (Å²) in [6, 6.07) is 9.17. The van der Waals surface area contributed by atoms with Crippen LogP contribution in [0.4, 0.5) is 8.78 Å². The molecule has 1 fully saturated rings. The molecule has 0 radical (unpaired) electrons. The number of sulfone groups is 1. The van der Waals surface area contributed by atoms with Crippen molar-refractivity contribution in [1.82, 2.24) is 4.90 Å². The molecule has 138 valence electrons. The van der Waals surface area contributed by atoms with Crippen molar-refractivity contribution in [2.24, 2.45) is 0 Å². The summed E-state index contributed by atoms with van der Waals surface area (Å²) in [5.41, 5.74) is 0.219. The molecule has 0 saturated carbocycles. The Morgan fingerprint density at radius 2 is 1.85 bits per heavy atom. The number of hydrogen-bond donors (Lipinski definition) is 0. The highest BCUT2D eigenvalue weighted by Crippen LogP contribution is 2.32. The van der Waals surface area contributed by atoms with E-state index in [0.29, 0.717) is 0 Å². The van der Waals surface area contributed by atoms with E-state index in [1.165, 1.54) is 29.2 Å². The van der Waals surface area contributed by atoms with Crippen LogP contribution >= 0.6 is 11.6 Å². The van der Waals surface area contributed by atoms with Gasteiger partial charge < -0.3 is 4.90 Å². The summed E-state index contributed by atoms with van der Waals surface area (Å²) in [5.74, 6) is -1.90. The fourth-order valence-electron chi connectivity index (χ4n) is 3.07. The van der Waals surface area contributed by atoms with Crippen LogP contribution in [0.2, 0.25) is 5.02 Å². The van der Waals surface area contributed by atoms with E-state index >= 15 is 0 Å². The summed E-state index contributed by atoms with van der Waals surface area (Å²) in [6.45, 7) is 0.102. The second kappa shape index (κ2) is 7.32. The van der Waals surface area contributed by atoms with E-state index in [4.69, 9.17) is 11.6 Å². The van der Waals surface area contributed by atoms with Gasteiger partial charge in [-0.25, -0.2) is 17.2 Å². The van der Waals surface area contributed by atoms with E-state index in [1.807, 2.05) is 0 Å². The zero-order chi connectivity index (χ0) is 18.9. The second-order valence-electron chi connectivity index (χ2n) is 6.08. The topological polar surface area (TPSA) is 54.5 Å². The second-order valence-corrected chi connectivity index (χ2v) is 8.79. The van der Waals surface area contributed by atoms with Gasteiger partial charge in [0.05, 0.1) is 21.6 Å². The van der Waals surface area contributed by atoms with Crippen molar-refractivity contribution in [3.05, 3.63) is 70.2 Å². The molecule has 0 aromatic heterocycles. The number of carbonyl (C=O) groups excluding carboxylic acids is 1. The van der Waals surface area contributed by atoms with Gasteiger partial charge in [0.1, 0.15) is 11.6 Å². The third-order valence-corrected chi connectivity index (χ3v) is 6.86. The number of carbonyl (C=O) groups is 1. The highest BCUT2D eigenvalue weighted by molar-refractivity contribution is 7.91. The van der Waals surface area contributed by atoms with Crippen LogP contribution in [-0.2, 0) is 9.84 Å². The van der Waals surface area contributed by atoms with Crippen LogP contribution in [0, 0.1) is 11.6 Å². The quantitative estimate of drug-likeness (QED) is 0.775. The molecular formula is C18H16ClF2NO3S. The Bertz CT molecular complexity index is 949. The van der Waals surface area contributed by atoms with E-state index in [0.717, 1.165) is 12.1 Å². The van der Waals surface area contributed by atoms with Crippen LogP contribution in [0.25, 0.3) is 0 Å². The molecule has 1 aliphatic rings. The molecule has 8 heteroatoms. The normalized spacial score (nSPS) is 19.8. The predicted octanol–water partition coefficient (Wildman–Crippen LogP) is 3.62. The Balaban J connectivity index is 1.87. The lowest BCUT2D eigenvalue weighted by molar-refractivity contribution is 0.0766. The summed E-state index contributed by atoms with van der Waals surface area (Å²) in [6.07, 6.45) is 0.0772. The van der Waals surface area contributed by atoms with Crippen molar-refractivity contribution in [2.45, 2.75) is 11.7 Å². The first-order chi connectivity index (χ1) is 12.3. The Hall–Kier alpha value is -1.99. The summed E-state index contributed by atoms with van der Waals surface area (Å²) in [4.78, 5) is 14.0. The van der Waals surface area contributed by atoms with E-state index in [1.54, 1.807) is 6.07 Å². The summed E-state index contributed by atoms with van der Waals surface area (Å²) in [7, 11) is -3.63. The number of rotatable bonds is 2. The van der Waals surface area contributed by atoms with Gasteiger partial charge in [-0.05, 0) is 30.7 Å². The molecule has 1 saturated heterocycles. The van der Waals surface area contributed by atoms with Gasteiger partial charge >= 0.3 is 0 Å². The first-order valence-corrected chi connectivity index (χ1v) is 10.1. The minimum atomic E-state index is -3.63. The van der Waals surface area contributed by atoms with Gasteiger partial charge in [-0.3, -0.25) is 4.79 Å². The van der Waals surface area contributed by atoms with E-state index in [-0.39, 0.29) is 41.4 Å². The van der Waals surface area contributed by atoms with Gasteiger partial charge in [-0.1, -0.05) is 29.8 Å². The molecule has 3 rings (SSSR count). The highest BCUT2D eigenvalue weighted by atomic mass is 35.5. The van der Waals surface area contributed by atoms with Crippen molar-refractivity contribution in [2.75, 3.05) is 18.8 Å². The van der Waals surface area contributed by atoms with Crippen LogP contribution in [0.3, 0.4) is 0 Å². The van der Waals surface area contributed by atoms with E-state index in [2.05, 4.69) is 0 Å². The Morgan fingerprint density at radius 3 is 2.54 bits per heavy atom. The molecule has 0 bridgehead atoms. The minimum Gasteiger partial charge on any atom is -0.338 e. The maximum Gasteiger partial charge on any atom is 0.255 e. The van der Waals surface area contributed by atoms with Crippen molar-refractivity contribution in [3.63, 3.8) is 0 Å². The summed E-state index contributed by atoms with van der Waals surface area (Å²) < 4.78 is 52.4. The molecule has 0 unspecified atom stereocenters. The Labute approximate surface area is 155 Å². The molecular weight excluding hydrogens is 384 g/mol. The van der Waals surface area contributed by atoms with Crippen LogP contribution in [0.5, 0.6) is 0 Å². The van der Waals surface area contributed by atoms with E-state index in [9.17, 15) is 22.0 Å². The summed E-state index contributed by atoms with van der Waals surface area (Å²) >= 11 is 5.93. The lowest BCUT2D eigenvalue weighted by atomic mass is 10.1. The monoisotopic (exact) mass is 399 g/mol. The van der Waals surface area contributed by atoms with Crippen LogP contribution < -0.4 is 0 Å². The maximum absolute atomic E-state index is 14.1. The van der Waals surface area contributed by atoms with Crippen molar-refractivity contribution < 1.29 is 22.0 Å². The van der Waals surface area contributed by atoms with Gasteiger partial charge in [-0.15, -0.1) is 0 Å². The zero-order valence-electron chi connectivity index (χ0n) is 13.7. The van der Waals surface area contributed by atoms with Gasteiger partial charge in [0, 0.05) is 18.7 Å². The van der Waals surface area contributed by atoms with Gasteiger partial charge in [-0.2, -0.15) is 0 Å². The molecule has 1 aliphatic heterocycles. The number of halogens is 3. The molecule has 1 amide bonds. The Morgan fingerprint density at radius 1 is 1.12 bits per heavy atom. The molecule has 1 atom stereocenters. The SMILES string of the molecule is O=C(c1ccc(F)cc1Cl)N1CC[C@@H](c2ccccc2F)S(=O)(=O)CC1. The standard InChI is InChI=1S/C18H16ClF2NO3S/c19-15-11-12(20)5-6-13(15)18(23)22-8-7-17(26(24,25)10-9-22)14-3-1-2-4-16(14)21/h1-6,11,17H,7-10H2/t17-/m0/s1. The minimum absolute atomic E-state index is 0.0280. The molecule has 0 aliphatic carbocycles. The average Bonchev–Trinajstić information content (AvgIpc) is 2.73. The van der Waals surface area contributed by atoms with Crippen molar-refractivity contribution in [1.29, 1.82) is 0 Å². The zero-order valence-corrected chi connectivity index (χ0v) is 15.2. The lowest BCUT2D eigenvalue weighted by Crippen LogP contribution is -2.33. The van der Waals surface area contributed by atoms with Crippen LogP contribution in [0.1, 0.15) is 27.6 Å².